The number of hydrogen-bond donors (Lipinski definition) is 1. The average molecular weight is 239 g/mol. The molecule has 1 heterocycles. The van der Waals surface area contributed by atoms with E-state index in [1.165, 1.54) is 6.92 Å². The normalized spacial score (nSPS) is 12.3. The van der Waals surface area contributed by atoms with E-state index in [2.05, 4.69) is 0 Å². The molecule has 0 bridgehead atoms. The Balaban J connectivity index is 1.94. The maximum atomic E-state index is 10.5. The Morgan fingerprint density at radius 1 is 1.35 bits per heavy atom. The van der Waals surface area contributed by atoms with Crippen LogP contribution in [0.25, 0.3) is 0 Å². The minimum absolute atomic E-state index is 0.184. The van der Waals surface area contributed by atoms with Crippen LogP contribution in [-0.2, 0) is 9.53 Å². The van der Waals surface area contributed by atoms with Crippen molar-refractivity contribution in [3.05, 3.63) is 12.1 Å². The van der Waals surface area contributed by atoms with Gasteiger partial charge in [0, 0.05) is 19.1 Å². The summed E-state index contributed by atoms with van der Waals surface area (Å²) < 4.78 is 20.5. The van der Waals surface area contributed by atoms with Crippen LogP contribution in [0.4, 0.5) is 5.69 Å². The first-order valence-electron chi connectivity index (χ1n) is 5.12. The fourth-order valence-electron chi connectivity index (χ4n) is 1.40. The number of benzene rings is 1. The first-order chi connectivity index (χ1) is 8.16. The molecule has 0 aromatic heterocycles. The third-order valence-electron chi connectivity index (χ3n) is 2.15. The Morgan fingerprint density at radius 2 is 2.06 bits per heavy atom. The number of nitrogen functional groups attached to an aromatic ring is 1. The van der Waals surface area contributed by atoms with E-state index in [9.17, 15) is 4.79 Å². The fraction of sp³-hybridized carbons (Fsp3) is 0.364. The summed E-state index contributed by atoms with van der Waals surface area (Å²) in [5.41, 5.74) is 6.22. The van der Waals surface area contributed by atoms with Gasteiger partial charge in [-0.15, -0.1) is 0 Å². The molecule has 1 aliphatic heterocycles. The highest BCUT2D eigenvalue weighted by Gasteiger charge is 2.16. The molecule has 6 heteroatoms. The summed E-state index contributed by atoms with van der Waals surface area (Å²) in [4.78, 5) is 10.5. The van der Waals surface area contributed by atoms with Crippen molar-refractivity contribution < 1.29 is 23.7 Å². The summed E-state index contributed by atoms with van der Waals surface area (Å²) >= 11 is 0. The van der Waals surface area contributed by atoms with Crippen molar-refractivity contribution in [2.24, 2.45) is 0 Å². The summed E-state index contributed by atoms with van der Waals surface area (Å²) in [7, 11) is 0. The zero-order chi connectivity index (χ0) is 12.3. The van der Waals surface area contributed by atoms with Crippen LogP contribution >= 0.6 is 0 Å². The fourth-order valence-corrected chi connectivity index (χ4v) is 1.40. The van der Waals surface area contributed by atoms with Gasteiger partial charge in [-0.2, -0.15) is 0 Å². The van der Waals surface area contributed by atoms with Crippen LogP contribution < -0.4 is 19.9 Å². The van der Waals surface area contributed by atoms with Crippen molar-refractivity contribution in [2.75, 3.05) is 25.7 Å². The maximum absolute atomic E-state index is 10.5. The smallest absolute Gasteiger partial charge is 0.302 e. The Morgan fingerprint density at radius 3 is 2.76 bits per heavy atom. The van der Waals surface area contributed by atoms with E-state index in [0.29, 0.717) is 22.9 Å². The van der Waals surface area contributed by atoms with Crippen LogP contribution in [0.15, 0.2) is 12.1 Å². The lowest BCUT2D eigenvalue weighted by Crippen LogP contribution is -2.10. The number of ether oxygens (including phenoxy) is 4. The summed E-state index contributed by atoms with van der Waals surface area (Å²) in [5.74, 6) is 1.35. The van der Waals surface area contributed by atoms with Gasteiger partial charge in [-0.1, -0.05) is 0 Å². The molecule has 0 amide bonds. The highest BCUT2D eigenvalue weighted by atomic mass is 16.7. The topological polar surface area (TPSA) is 80.0 Å². The van der Waals surface area contributed by atoms with Gasteiger partial charge in [0.1, 0.15) is 19.0 Å². The second kappa shape index (κ2) is 4.82. The SMILES string of the molecule is CC(=O)OCCOc1cc2c(cc1N)OCO2. The highest BCUT2D eigenvalue weighted by molar-refractivity contribution is 5.66. The third kappa shape index (κ3) is 2.72. The minimum Gasteiger partial charge on any atom is -0.488 e. The first kappa shape index (κ1) is 11.4. The number of carbonyl (C=O) groups excluding carboxylic acids is 1. The Labute approximate surface area is 98.2 Å². The van der Waals surface area contributed by atoms with Crippen molar-refractivity contribution in [2.45, 2.75) is 6.92 Å². The van der Waals surface area contributed by atoms with Gasteiger partial charge in [0.15, 0.2) is 11.5 Å². The predicted octanol–water partition coefficient (Wildman–Crippen LogP) is 0.939. The van der Waals surface area contributed by atoms with Crippen LogP contribution in [0, 0.1) is 0 Å². The van der Waals surface area contributed by atoms with Crippen LogP contribution in [0.2, 0.25) is 0 Å². The van der Waals surface area contributed by atoms with Gasteiger partial charge in [-0.05, 0) is 0 Å². The van der Waals surface area contributed by atoms with Gasteiger partial charge in [-0.3, -0.25) is 4.79 Å². The van der Waals surface area contributed by atoms with Gasteiger partial charge in [0.2, 0.25) is 6.79 Å². The van der Waals surface area contributed by atoms with Crippen LogP contribution in [0.1, 0.15) is 6.92 Å². The standard InChI is InChI=1S/C11H13NO5/c1-7(13)14-2-3-15-9-5-11-10(4-8(9)12)16-6-17-11/h4-5H,2-3,6,12H2,1H3. The molecule has 0 fully saturated rings. The molecule has 0 radical (unpaired) electrons. The van der Waals surface area contributed by atoms with Crippen LogP contribution in [0.5, 0.6) is 17.2 Å². The molecule has 0 saturated heterocycles. The monoisotopic (exact) mass is 239 g/mol. The zero-order valence-corrected chi connectivity index (χ0v) is 9.39. The highest BCUT2D eigenvalue weighted by Crippen LogP contribution is 2.39. The molecular weight excluding hydrogens is 226 g/mol. The molecule has 0 spiro atoms. The second-order valence-corrected chi connectivity index (χ2v) is 3.43. The number of rotatable bonds is 4. The van der Waals surface area contributed by atoms with Gasteiger partial charge in [-0.25, -0.2) is 0 Å². The van der Waals surface area contributed by atoms with Gasteiger partial charge in [0.25, 0.3) is 0 Å². The predicted molar refractivity (Wildman–Crippen MR) is 59.1 cm³/mol. The maximum Gasteiger partial charge on any atom is 0.302 e. The van der Waals surface area contributed by atoms with Crippen molar-refractivity contribution in [3.63, 3.8) is 0 Å². The summed E-state index contributed by atoms with van der Waals surface area (Å²) in [5, 5.41) is 0. The van der Waals surface area contributed by atoms with E-state index in [-0.39, 0.29) is 26.0 Å². The molecule has 2 rings (SSSR count). The lowest BCUT2D eigenvalue weighted by atomic mass is 10.2. The van der Waals surface area contributed by atoms with E-state index >= 15 is 0 Å². The number of nitrogens with two attached hydrogens (primary N) is 1. The molecule has 2 N–H and O–H groups in total. The number of fused-ring (bicyclic) bond motifs is 1. The lowest BCUT2D eigenvalue weighted by Gasteiger charge is -2.09. The summed E-state index contributed by atoms with van der Waals surface area (Å²) in [6.45, 7) is 1.95. The van der Waals surface area contributed by atoms with Gasteiger partial charge in [0.05, 0.1) is 5.69 Å². The first-order valence-corrected chi connectivity index (χ1v) is 5.12. The molecule has 0 atom stereocenters. The van der Waals surface area contributed by atoms with Crippen molar-refractivity contribution in [1.82, 2.24) is 0 Å². The quantitative estimate of drug-likeness (QED) is 0.478. The van der Waals surface area contributed by atoms with E-state index in [1.54, 1.807) is 12.1 Å². The third-order valence-corrected chi connectivity index (χ3v) is 2.15. The number of carbonyl (C=O) groups is 1. The molecule has 1 aromatic carbocycles. The zero-order valence-electron chi connectivity index (χ0n) is 9.39. The summed E-state index contributed by atoms with van der Waals surface area (Å²) in [6.07, 6.45) is 0. The molecule has 1 aromatic rings. The molecule has 92 valence electrons. The number of hydrogen-bond acceptors (Lipinski definition) is 6. The Hall–Kier alpha value is -2.11. The average Bonchev–Trinajstić information content (AvgIpc) is 2.71. The minimum atomic E-state index is -0.341. The lowest BCUT2D eigenvalue weighted by molar-refractivity contribution is -0.141. The van der Waals surface area contributed by atoms with E-state index in [0.717, 1.165) is 0 Å². The number of anilines is 1. The molecule has 0 unspecified atom stereocenters. The number of esters is 1. The largest absolute Gasteiger partial charge is 0.488 e. The van der Waals surface area contributed by atoms with E-state index < -0.39 is 0 Å². The molecule has 0 aliphatic carbocycles. The molecule has 17 heavy (non-hydrogen) atoms. The molecule has 0 saturated carbocycles. The van der Waals surface area contributed by atoms with Crippen molar-refractivity contribution in [3.8, 4) is 17.2 Å². The molecule has 1 aliphatic rings. The second-order valence-electron chi connectivity index (χ2n) is 3.43. The Bertz CT molecular complexity index is 432. The van der Waals surface area contributed by atoms with Crippen LogP contribution in [-0.4, -0.2) is 26.0 Å². The van der Waals surface area contributed by atoms with Crippen LogP contribution in [0.3, 0.4) is 0 Å². The van der Waals surface area contributed by atoms with Crippen molar-refractivity contribution >= 4 is 11.7 Å². The molecular formula is C11H13NO5. The molecule has 6 nitrogen and oxygen atoms in total. The Kier molecular flexibility index (Phi) is 3.22. The summed E-state index contributed by atoms with van der Waals surface area (Å²) in [6, 6.07) is 3.30. The van der Waals surface area contributed by atoms with Gasteiger partial charge >= 0.3 is 5.97 Å². The van der Waals surface area contributed by atoms with E-state index in [4.69, 9.17) is 24.7 Å². The van der Waals surface area contributed by atoms with E-state index in [1.807, 2.05) is 0 Å². The van der Waals surface area contributed by atoms with Crippen molar-refractivity contribution in [1.29, 1.82) is 0 Å². The van der Waals surface area contributed by atoms with Gasteiger partial charge < -0.3 is 24.7 Å².